The van der Waals surface area contributed by atoms with E-state index in [1.54, 1.807) is 11.6 Å². The summed E-state index contributed by atoms with van der Waals surface area (Å²) in [7, 11) is 1.73. The number of oxazole rings is 1. The molecular weight excluding hydrogens is 296 g/mol. The molecule has 1 aliphatic rings. The number of aromatic nitrogens is 1. The minimum absolute atomic E-state index is 0.289. The van der Waals surface area contributed by atoms with Crippen molar-refractivity contribution >= 4 is 11.1 Å². The number of hydrogen-bond donors (Lipinski definition) is 0. The normalized spacial score (nSPS) is 19.0. The van der Waals surface area contributed by atoms with Gasteiger partial charge in [0.25, 0.3) is 0 Å². The predicted octanol–water partition coefficient (Wildman–Crippen LogP) is 1.76. The molecule has 0 aliphatic carbocycles. The van der Waals surface area contributed by atoms with Crippen LogP contribution in [0.25, 0.3) is 11.1 Å². The van der Waals surface area contributed by atoms with Crippen molar-refractivity contribution in [2.24, 2.45) is 7.05 Å². The summed E-state index contributed by atoms with van der Waals surface area (Å²) in [4.78, 5) is 13.9. The Bertz CT molecular complexity index is 706. The molecule has 2 heterocycles. The molecule has 0 spiro atoms. The second-order valence-corrected chi connectivity index (χ2v) is 5.94. The Labute approximate surface area is 135 Å². The van der Waals surface area contributed by atoms with E-state index in [0.29, 0.717) is 18.8 Å². The molecule has 23 heavy (non-hydrogen) atoms. The average Bonchev–Trinajstić information content (AvgIpc) is 3.10. The first-order chi connectivity index (χ1) is 11.2. The van der Waals surface area contributed by atoms with Gasteiger partial charge in [0.15, 0.2) is 5.58 Å². The number of likely N-dealkylation sites (tertiary alicyclic amines) is 1. The van der Waals surface area contributed by atoms with Crippen molar-refractivity contribution in [1.82, 2.24) is 9.47 Å². The zero-order valence-corrected chi connectivity index (χ0v) is 13.8. The summed E-state index contributed by atoms with van der Waals surface area (Å²) < 4.78 is 17.8. The van der Waals surface area contributed by atoms with Crippen LogP contribution >= 0.6 is 0 Å². The molecule has 2 aromatic rings. The van der Waals surface area contributed by atoms with Crippen LogP contribution in [0, 0.1) is 0 Å². The van der Waals surface area contributed by atoms with Gasteiger partial charge < -0.3 is 13.9 Å². The smallest absolute Gasteiger partial charge is 0.408 e. The first-order valence-corrected chi connectivity index (χ1v) is 8.17. The largest absolute Gasteiger partial charge is 0.419 e. The number of aryl methyl sites for hydroxylation is 1. The van der Waals surface area contributed by atoms with Crippen LogP contribution in [0.5, 0.6) is 0 Å². The molecule has 3 rings (SSSR count). The highest BCUT2D eigenvalue weighted by Crippen LogP contribution is 2.19. The lowest BCUT2D eigenvalue weighted by molar-refractivity contribution is 0.0117. The number of fused-ring (bicyclic) bond motifs is 1. The van der Waals surface area contributed by atoms with Crippen molar-refractivity contribution in [2.45, 2.75) is 26.0 Å². The zero-order valence-electron chi connectivity index (χ0n) is 13.8. The second kappa shape index (κ2) is 7.29. The van der Waals surface area contributed by atoms with Gasteiger partial charge >= 0.3 is 5.76 Å². The van der Waals surface area contributed by atoms with E-state index in [4.69, 9.17) is 13.9 Å². The average molecular weight is 320 g/mol. The third-order valence-electron chi connectivity index (χ3n) is 4.28. The van der Waals surface area contributed by atoms with Crippen LogP contribution in [0.15, 0.2) is 27.4 Å². The fourth-order valence-electron chi connectivity index (χ4n) is 3.02. The van der Waals surface area contributed by atoms with Gasteiger partial charge in [0.05, 0.1) is 24.8 Å². The van der Waals surface area contributed by atoms with Crippen molar-refractivity contribution in [3.8, 4) is 0 Å². The lowest BCUT2D eigenvalue weighted by Gasteiger charge is -2.16. The van der Waals surface area contributed by atoms with Gasteiger partial charge in [-0.05, 0) is 31.0 Å². The number of hydrogen-bond acceptors (Lipinski definition) is 5. The molecule has 6 heteroatoms. The van der Waals surface area contributed by atoms with Crippen molar-refractivity contribution in [3.63, 3.8) is 0 Å². The third kappa shape index (κ3) is 3.83. The molecule has 6 nitrogen and oxygen atoms in total. The number of nitrogens with zero attached hydrogens (tertiary/aromatic N) is 2. The van der Waals surface area contributed by atoms with Gasteiger partial charge in [-0.15, -0.1) is 0 Å². The van der Waals surface area contributed by atoms with Crippen molar-refractivity contribution in [2.75, 3.05) is 32.9 Å². The van der Waals surface area contributed by atoms with Crippen LogP contribution in [-0.4, -0.2) is 48.5 Å². The van der Waals surface area contributed by atoms with E-state index in [9.17, 15) is 4.79 Å². The van der Waals surface area contributed by atoms with Crippen LogP contribution in [0.1, 0.15) is 18.9 Å². The van der Waals surface area contributed by atoms with Gasteiger partial charge in [0.1, 0.15) is 0 Å². The summed E-state index contributed by atoms with van der Waals surface area (Å²) in [6, 6.07) is 5.93. The van der Waals surface area contributed by atoms with E-state index >= 15 is 0 Å². The molecule has 1 atom stereocenters. The predicted molar refractivity (Wildman–Crippen MR) is 87.6 cm³/mol. The highest BCUT2D eigenvalue weighted by molar-refractivity contribution is 5.73. The number of ether oxygens (including phenoxy) is 2. The maximum atomic E-state index is 11.5. The number of benzene rings is 1. The Balaban J connectivity index is 1.56. The Kier molecular flexibility index (Phi) is 5.15. The summed E-state index contributed by atoms with van der Waals surface area (Å²) in [5.74, 6) is -0.318. The van der Waals surface area contributed by atoms with E-state index in [2.05, 4.69) is 4.90 Å². The molecule has 1 fully saturated rings. The summed E-state index contributed by atoms with van der Waals surface area (Å²) in [5, 5.41) is 0. The minimum Gasteiger partial charge on any atom is -0.408 e. The maximum Gasteiger partial charge on any atom is 0.419 e. The molecule has 0 unspecified atom stereocenters. The van der Waals surface area contributed by atoms with Crippen molar-refractivity contribution in [1.29, 1.82) is 0 Å². The first-order valence-electron chi connectivity index (χ1n) is 8.17. The quantitative estimate of drug-likeness (QED) is 0.728. The molecule has 126 valence electrons. The summed E-state index contributed by atoms with van der Waals surface area (Å²) in [6.45, 7) is 6.88. The molecule has 1 saturated heterocycles. The molecule has 0 bridgehead atoms. The monoisotopic (exact) mass is 320 g/mol. The Morgan fingerprint density at radius 2 is 2.22 bits per heavy atom. The Morgan fingerprint density at radius 1 is 1.35 bits per heavy atom. The Morgan fingerprint density at radius 3 is 3.04 bits per heavy atom. The van der Waals surface area contributed by atoms with Crippen LogP contribution in [0.3, 0.4) is 0 Å². The van der Waals surface area contributed by atoms with Gasteiger partial charge in [-0.1, -0.05) is 6.07 Å². The molecule has 1 aromatic heterocycles. The van der Waals surface area contributed by atoms with Crippen molar-refractivity contribution in [3.05, 3.63) is 34.3 Å². The van der Waals surface area contributed by atoms with Crippen LogP contribution in [0.2, 0.25) is 0 Å². The third-order valence-corrected chi connectivity index (χ3v) is 4.28. The van der Waals surface area contributed by atoms with Crippen LogP contribution < -0.4 is 5.76 Å². The van der Waals surface area contributed by atoms with Gasteiger partial charge in [-0.3, -0.25) is 9.47 Å². The fourth-order valence-corrected chi connectivity index (χ4v) is 3.02. The Hall–Kier alpha value is -1.63. The molecular formula is C17H24N2O4. The molecule has 0 radical (unpaired) electrons. The second-order valence-electron chi connectivity index (χ2n) is 5.94. The van der Waals surface area contributed by atoms with E-state index in [-0.39, 0.29) is 11.9 Å². The topological polar surface area (TPSA) is 56.8 Å². The first kappa shape index (κ1) is 16.2. The van der Waals surface area contributed by atoms with E-state index in [1.165, 1.54) is 5.56 Å². The van der Waals surface area contributed by atoms with E-state index in [0.717, 1.165) is 38.2 Å². The van der Waals surface area contributed by atoms with Crippen LogP contribution in [-0.2, 0) is 23.1 Å². The van der Waals surface area contributed by atoms with Gasteiger partial charge in [-0.2, -0.15) is 0 Å². The molecule has 1 aromatic carbocycles. The van der Waals surface area contributed by atoms with E-state index in [1.807, 2.05) is 25.1 Å². The zero-order chi connectivity index (χ0) is 16.2. The fraction of sp³-hybridized carbons (Fsp3) is 0.588. The maximum absolute atomic E-state index is 11.5. The lowest BCUT2D eigenvalue weighted by atomic mass is 10.2. The molecule has 0 saturated carbocycles. The van der Waals surface area contributed by atoms with Gasteiger partial charge in [0.2, 0.25) is 0 Å². The lowest BCUT2D eigenvalue weighted by Crippen LogP contribution is -2.24. The van der Waals surface area contributed by atoms with Gasteiger partial charge in [0, 0.05) is 33.3 Å². The summed E-state index contributed by atoms with van der Waals surface area (Å²) in [5.41, 5.74) is 2.67. The van der Waals surface area contributed by atoms with E-state index < -0.39 is 0 Å². The molecule has 0 N–H and O–H groups in total. The highest BCUT2D eigenvalue weighted by Gasteiger charge is 2.23. The van der Waals surface area contributed by atoms with Gasteiger partial charge in [-0.25, -0.2) is 4.79 Å². The minimum atomic E-state index is -0.318. The van der Waals surface area contributed by atoms with Crippen molar-refractivity contribution < 1.29 is 13.9 Å². The highest BCUT2D eigenvalue weighted by atomic mass is 16.5. The molecule has 0 amide bonds. The summed E-state index contributed by atoms with van der Waals surface area (Å²) in [6.07, 6.45) is 1.34. The summed E-state index contributed by atoms with van der Waals surface area (Å²) >= 11 is 0. The standard InChI is InChI=1S/C17H24N2O4/c1-3-21-8-9-22-14-6-7-19(12-14)11-13-4-5-16-15(10-13)18(2)17(20)23-16/h4-5,10,14H,3,6-9,11-12H2,1-2H3/t14-/m0/s1. The van der Waals surface area contributed by atoms with Crippen LogP contribution in [0.4, 0.5) is 0 Å². The SMILES string of the molecule is CCOCCO[C@H]1CCN(Cc2ccc3oc(=O)n(C)c3c2)C1. The number of rotatable bonds is 7. The molecule has 1 aliphatic heterocycles.